The fraction of sp³-hybridized carbons (Fsp3) is 0.0385. The summed E-state index contributed by atoms with van der Waals surface area (Å²) >= 11 is 0. The molecule has 0 aliphatic carbocycles. The highest BCUT2D eigenvalue weighted by Crippen LogP contribution is 2.27. The van der Waals surface area contributed by atoms with Gasteiger partial charge in [-0.15, -0.1) is 0 Å². The third-order valence-electron chi connectivity index (χ3n) is 4.99. The maximum Gasteiger partial charge on any atom is 0.248 e. The number of nitrogens with one attached hydrogen (secondary N) is 1. The van der Waals surface area contributed by atoms with E-state index in [1.54, 1.807) is 18.3 Å². The average molecular weight is 421 g/mol. The fourth-order valence-corrected chi connectivity index (χ4v) is 3.31. The van der Waals surface area contributed by atoms with E-state index in [9.17, 15) is 4.79 Å². The van der Waals surface area contributed by atoms with E-state index in [0.29, 0.717) is 28.6 Å². The number of carbonyl (C=O) groups excluding carboxylic acids is 1. The van der Waals surface area contributed by atoms with Crippen molar-refractivity contribution in [2.24, 2.45) is 0 Å². The van der Waals surface area contributed by atoms with Crippen LogP contribution in [0.25, 0.3) is 40.1 Å². The van der Waals surface area contributed by atoms with Gasteiger partial charge in [0.15, 0.2) is 11.2 Å². The van der Waals surface area contributed by atoms with E-state index in [2.05, 4.69) is 15.3 Å². The second-order valence-electron chi connectivity index (χ2n) is 7.26. The maximum atomic E-state index is 12.5. The molecule has 0 fully saturated rings. The van der Waals surface area contributed by atoms with Crippen molar-refractivity contribution >= 4 is 28.9 Å². The number of aryl methyl sites for hydroxylation is 1. The van der Waals surface area contributed by atoms with Crippen LogP contribution in [0.3, 0.4) is 0 Å². The number of benzene rings is 2. The lowest BCUT2D eigenvalue weighted by Crippen LogP contribution is -2.09. The first-order valence-electron chi connectivity index (χ1n) is 10.1. The number of carbonyl (C=O) groups is 1. The minimum atomic E-state index is -0.262. The highest BCUT2D eigenvalue weighted by molar-refractivity contribution is 6.02. The molecule has 1 N–H and O–H groups in total. The number of rotatable bonds is 5. The number of anilines is 1. The Balaban J connectivity index is 1.32. The van der Waals surface area contributed by atoms with Gasteiger partial charge >= 0.3 is 0 Å². The van der Waals surface area contributed by atoms with Gasteiger partial charge in [-0.3, -0.25) is 4.79 Å². The molecule has 3 aromatic heterocycles. The van der Waals surface area contributed by atoms with E-state index >= 15 is 0 Å². The number of hydrogen-bond donors (Lipinski definition) is 1. The van der Waals surface area contributed by atoms with E-state index in [4.69, 9.17) is 8.83 Å². The van der Waals surface area contributed by atoms with Crippen molar-refractivity contribution in [3.05, 3.63) is 96.4 Å². The predicted octanol–water partition coefficient (Wildman–Crippen LogP) is 6.11. The van der Waals surface area contributed by atoms with Gasteiger partial charge in [-0.2, -0.15) is 4.98 Å². The van der Waals surface area contributed by atoms with E-state index in [1.165, 1.54) is 6.08 Å². The van der Waals surface area contributed by atoms with Crippen molar-refractivity contribution < 1.29 is 13.6 Å². The summed E-state index contributed by atoms with van der Waals surface area (Å²) in [6.45, 7) is 1.93. The Bertz CT molecular complexity index is 1400. The molecule has 0 saturated heterocycles. The third kappa shape index (κ3) is 4.06. The summed E-state index contributed by atoms with van der Waals surface area (Å²) in [5.41, 5.74) is 4.51. The molecule has 5 aromatic rings. The van der Waals surface area contributed by atoms with Gasteiger partial charge in [0.2, 0.25) is 11.8 Å². The van der Waals surface area contributed by atoms with Gasteiger partial charge in [0.05, 0.1) is 0 Å². The minimum absolute atomic E-state index is 0.262. The second-order valence-corrected chi connectivity index (χ2v) is 7.26. The lowest BCUT2D eigenvalue weighted by molar-refractivity contribution is -0.111. The number of fused-ring (bicyclic) bond motifs is 1. The summed E-state index contributed by atoms with van der Waals surface area (Å²) in [5.74, 6) is 1.54. The number of aromatic nitrogens is 2. The van der Waals surface area contributed by atoms with Crippen molar-refractivity contribution in [2.75, 3.05) is 5.32 Å². The molecular weight excluding hydrogens is 402 g/mol. The van der Waals surface area contributed by atoms with Crippen LogP contribution in [0, 0.1) is 6.92 Å². The Morgan fingerprint density at radius 1 is 0.938 bits per heavy atom. The van der Waals surface area contributed by atoms with Gasteiger partial charge in [-0.25, -0.2) is 4.98 Å². The van der Waals surface area contributed by atoms with Crippen LogP contribution in [0.1, 0.15) is 11.3 Å². The van der Waals surface area contributed by atoms with Crippen molar-refractivity contribution in [3.8, 4) is 22.8 Å². The number of amides is 1. The van der Waals surface area contributed by atoms with Crippen molar-refractivity contribution in [2.45, 2.75) is 6.92 Å². The molecule has 0 spiro atoms. The molecule has 156 valence electrons. The van der Waals surface area contributed by atoms with E-state index in [1.807, 2.05) is 73.7 Å². The van der Waals surface area contributed by atoms with Gasteiger partial charge in [-0.05, 0) is 55.0 Å². The molecule has 0 atom stereocenters. The molecule has 6 nitrogen and oxygen atoms in total. The van der Waals surface area contributed by atoms with Crippen molar-refractivity contribution in [1.82, 2.24) is 9.97 Å². The Kier molecular flexibility index (Phi) is 5.09. The van der Waals surface area contributed by atoms with E-state index in [0.717, 1.165) is 22.5 Å². The molecule has 5 rings (SSSR count). The predicted molar refractivity (Wildman–Crippen MR) is 124 cm³/mol. The van der Waals surface area contributed by atoms with Gasteiger partial charge in [0, 0.05) is 29.1 Å². The Labute approximate surface area is 184 Å². The zero-order valence-electron chi connectivity index (χ0n) is 17.3. The van der Waals surface area contributed by atoms with Crippen LogP contribution in [0.15, 0.2) is 93.9 Å². The molecule has 1 amide bonds. The van der Waals surface area contributed by atoms with Crippen LogP contribution < -0.4 is 5.32 Å². The van der Waals surface area contributed by atoms with Crippen LogP contribution in [0.4, 0.5) is 5.69 Å². The number of hydrogen-bond acceptors (Lipinski definition) is 5. The molecule has 0 aliphatic heterocycles. The van der Waals surface area contributed by atoms with Crippen LogP contribution >= 0.6 is 0 Å². The standard InChI is InChI=1S/C26H19N3O3/c1-17-9-10-19(26-29-25-23(32-26)8-5-15-27-25)16-21(17)28-24(30)14-12-20-11-13-22(31-20)18-6-3-2-4-7-18/h2-16H,1H3,(H,28,30)/b14-12+. The SMILES string of the molecule is Cc1ccc(-c2nc3ncccc3o2)cc1NC(=O)/C=C/c1ccc(-c2ccccc2)o1. The molecule has 2 aromatic carbocycles. The smallest absolute Gasteiger partial charge is 0.248 e. The Morgan fingerprint density at radius 3 is 2.66 bits per heavy atom. The average Bonchev–Trinajstić information content (AvgIpc) is 3.47. The lowest BCUT2D eigenvalue weighted by atomic mass is 10.1. The zero-order valence-corrected chi connectivity index (χ0v) is 17.3. The molecule has 32 heavy (non-hydrogen) atoms. The van der Waals surface area contributed by atoms with Crippen LogP contribution in [0.5, 0.6) is 0 Å². The zero-order chi connectivity index (χ0) is 21.9. The van der Waals surface area contributed by atoms with Gasteiger partial charge < -0.3 is 14.2 Å². The van der Waals surface area contributed by atoms with Crippen LogP contribution in [-0.2, 0) is 4.79 Å². The topological polar surface area (TPSA) is 81.2 Å². The maximum absolute atomic E-state index is 12.5. The van der Waals surface area contributed by atoms with Gasteiger partial charge in [0.1, 0.15) is 11.5 Å². The summed E-state index contributed by atoms with van der Waals surface area (Å²) in [6.07, 6.45) is 4.76. The van der Waals surface area contributed by atoms with Crippen LogP contribution in [0.2, 0.25) is 0 Å². The Morgan fingerprint density at radius 2 is 1.81 bits per heavy atom. The first-order chi connectivity index (χ1) is 15.7. The summed E-state index contributed by atoms with van der Waals surface area (Å²) in [7, 11) is 0. The van der Waals surface area contributed by atoms with E-state index < -0.39 is 0 Å². The summed E-state index contributed by atoms with van der Waals surface area (Å²) < 4.78 is 11.6. The number of nitrogens with zero attached hydrogens (tertiary/aromatic N) is 2. The number of pyridine rings is 1. The van der Waals surface area contributed by atoms with Gasteiger partial charge in [-0.1, -0.05) is 36.4 Å². The second kappa shape index (κ2) is 8.35. The number of oxazole rings is 1. The summed E-state index contributed by atoms with van der Waals surface area (Å²) in [6, 6.07) is 22.8. The molecule has 0 unspecified atom stereocenters. The minimum Gasteiger partial charge on any atom is -0.457 e. The molecule has 0 saturated carbocycles. The summed E-state index contributed by atoms with van der Waals surface area (Å²) in [5, 5.41) is 2.91. The third-order valence-corrected chi connectivity index (χ3v) is 4.99. The lowest BCUT2D eigenvalue weighted by Gasteiger charge is -2.07. The molecular formula is C26H19N3O3. The van der Waals surface area contributed by atoms with Crippen molar-refractivity contribution in [3.63, 3.8) is 0 Å². The first kappa shape index (κ1) is 19.5. The molecule has 0 bridgehead atoms. The first-order valence-corrected chi connectivity index (χ1v) is 10.1. The molecule has 0 radical (unpaired) electrons. The molecule has 0 aliphatic rings. The highest BCUT2D eigenvalue weighted by atomic mass is 16.3. The van der Waals surface area contributed by atoms with Gasteiger partial charge in [0.25, 0.3) is 0 Å². The van der Waals surface area contributed by atoms with Crippen molar-refractivity contribution in [1.29, 1.82) is 0 Å². The Hall–Kier alpha value is -4.45. The molecule has 3 heterocycles. The van der Waals surface area contributed by atoms with E-state index in [-0.39, 0.29) is 5.91 Å². The fourth-order valence-electron chi connectivity index (χ4n) is 3.31. The normalized spacial score (nSPS) is 11.3. The number of furan rings is 1. The monoisotopic (exact) mass is 421 g/mol. The highest BCUT2D eigenvalue weighted by Gasteiger charge is 2.11. The summed E-state index contributed by atoms with van der Waals surface area (Å²) in [4.78, 5) is 21.1. The molecule has 6 heteroatoms. The van der Waals surface area contributed by atoms with Crippen LogP contribution in [-0.4, -0.2) is 15.9 Å². The quantitative estimate of drug-likeness (QED) is 0.346. The largest absolute Gasteiger partial charge is 0.457 e.